The van der Waals surface area contributed by atoms with Crippen LogP contribution in [-0.2, 0) is 9.53 Å². The van der Waals surface area contributed by atoms with Crippen LogP contribution in [0.5, 0.6) is 0 Å². The van der Waals surface area contributed by atoms with Gasteiger partial charge in [-0.1, -0.05) is 30.4 Å². The van der Waals surface area contributed by atoms with Gasteiger partial charge < -0.3 is 4.74 Å². The van der Waals surface area contributed by atoms with Crippen molar-refractivity contribution < 1.29 is 9.53 Å². The summed E-state index contributed by atoms with van der Waals surface area (Å²) >= 11 is 0. The van der Waals surface area contributed by atoms with E-state index in [1.807, 2.05) is 5.57 Å². The van der Waals surface area contributed by atoms with Crippen LogP contribution in [0, 0.1) is 41.4 Å². The number of allylic oxidation sites excluding steroid dienone is 2. The lowest BCUT2D eigenvalue weighted by Crippen LogP contribution is -2.44. The van der Waals surface area contributed by atoms with Crippen LogP contribution in [-0.4, -0.2) is 13.1 Å². The highest BCUT2D eigenvalue weighted by atomic mass is 16.5. The number of ether oxygens (including phenoxy) is 1. The van der Waals surface area contributed by atoms with Gasteiger partial charge in [0.25, 0.3) is 0 Å². The Hall–Kier alpha value is -0.790. The first kappa shape index (κ1) is 17.3. The Morgan fingerprint density at radius 2 is 1.65 bits per heavy atom. The van der Waals surface area contributed by atoms with Crippen LogP contribution in [0.3, 0.4) is 0 Å². The smallest absolute Gasteiger partial charge is 0.308 e. The van der Waals surface area contributed by atoms with Crippen molar-refractivity contribution in [1.29, 1.82) is 0 Å². The summed E-state index contributed by atoms with van der Waals surface area (Å²) in [6.07, 6.45) is 18.0. The molecule has 0 amide bonds. The summed E-state index contributed by atoms with van der Waals surface area (Å²) in [6.45, 7) is 0. The lowest BCUT2D eigenvalue weighted by molar-refractivity contribution is -0.146. The van der Waals surface area contributed by atoms with Crippen LogP contribution in [0.2, 0.25) is 0 Å². The highest BCUT2D eigenvalue weighted by Gasteiger charge is 2.48. The summed E-state index contributed by atoms with van der Waals surface area (Å²) in [5.74, 6) is 5.98. The lowest BCUT2D eigenvalue weighted by Gasteiger charge is -2.54. The monoisotopic (exact) mass is 356 g/mol. The summed E-state index contributed by atoms with van der Waals surface area (Å²) in [5.41, 5.74) is 3.57. The van der Waals surface area contributed by atoms with Crippen molar-refractivity contribution in [2.75, 3.05) is 7.11 Å². The predicted molar refractivity (Wildman–Crippen MR) is 103 cm³/mol. The van der Waals surface area contributed by atoms with E-state index in [0.717, 1.165) is 48.3 Å². The molecule has 5 rings (SSSR count). The third-order valence-electron chi connectivity index (χ3n) is 9.25. The van der Waals surface area contributed by atoms with Gasteiger partial charge in [0.05, 0.1) is 13.0 Å². The minimum absolute atomic E-state index is 0.0371. The zero-order chi connectivity index (χ0) is 17.7. The lowest BCUT2D eigenvalue weighted by atomic mass is 9.51. The predicted octanol–water partition coefficient (Wildman–Crippen LogP) is 5.91. The van der Waals surface area contributed by atoms with Crippen LogP contribution in [0.15, 0.2) is 11.1 Å². The summed E-state index contributed by atoms with van der Waals surface area (Å²) in [6, 6.07) is 0. The van der Waals surface area contributed by atoms with Gasteiger partial charge in [0.15, 0.2) is 0 Å². The van der Waals surface area contributed by atoms with Crippen LogP contribution in [0.4, 0.5) is 0 Å². The molecule has 0 spiro atoms. The Morgan fingerprint density at radius 3 is 2.54 bits per heavy atom. The number of rotatable bonds is 1. The molecular weight excluding hydrogens is 320 g/mol. The molecule has 4 saturated carbocycles. The molecule has 0 heterocycles. The maximum Gasteiger partial charge on any atom is 0.308 e. The summed E-state index contributed by atoms with van der Waals surface area (Å²) < 4.78 is 5.09. The van der Waals surface area contributed by atoms with Crippen LogP contribution in [0.1, 0.15) is 83.5 Å². The van der Waals surface area contributed by atoms with Gasteiger partial charge in [-0.05, 0) is 99.7 Å². The first-order chi connectivity index (χ1) is 12.8. The molecule has 2 nitrogen and oxygen atoms in total. The van der Waals surface area contributed by atoms with Gasteiger partial charge >= 0.3 is 5.97 Å². The average Bonchev–Trinajstić information content (AvgIpc) is 2.71. The van der Waals surface area contributed by atoms with E-state index < -0.39 is 0 Å². The Balaban J connectivity index is 1.40. The molecule has 7 unspecified atom stereocenters. The van der Waals surface area contributed by atoms with E-state index in [0.29, 0.717) is 0 Å². The highest BCUT2D eigenvalue weighted by Crippen LogP contribution is 2.58. The van der Waals surface area contributed by atoms with Crippen LogP contribution < -0.4 is 0 Å². The molecule has 0 saturated heterocycles. The molecule has 144 valence electrons. The van der Waals surface area contributed by atoms with Crippen LogP contribution >= 0.6 is 0 Å². The van der Waals surface area contributed by atoms with E-state index in [-0.39, 0.29) is 11.9 Å². The van der Waals surface area contributed by atoms with Gasteiger partial charge in [-0.3, -0.25) is 4.79 Å². The number of methoxy groups -OCH3 is 1. The van der Waals surface area contributed by atoms with E-state index in [1.165, 1.54) is 70.6 Å². The summed E-state index contributed by atoms with van der Waals surface area (Å²) in [5, 5.41) is 0. The summed E-state index contributed by atoms with van der Waals surface area (Å²) in [7, 11) is 1.56. The van der Waals surface area contributed by atoms with E-state index in [1.54, 1.807) is 12.7 Å². The molecule has 2 heteroatoms. The summed E-state index contributed by atoms with van der Waals surface area (Å²) in [4.78, 5) is 12.1. The number of carbonyl (C=O) groups is 1. The van der Waals surface area contributed by atoms with Crippen molar-refractivity contribution in [3.63, 3.8) is 0 Å². The molecule has 0 aromatic heterocycles. The number of carbonyl (C=O) groups excluding carboxylic acids is 1. The fourth-order valence-corrected chi connectivity index (χ4v) is 8.15. The van der Waals surface area contributed by atoms with Gasteiger partial charge in [-0.25, -0.2) is 0 Å². The van der Waals surface area contributed by atoms with E-state index in [4.69, 9.17) is 4.74 Å². The zero-order valence-corrected chi connectivity index (χ0v) is 16.6. The zero-order valence-electron chi connectivity index (χ0n) is 16.6. The number of fused-ring (bicyclic) bond motifs is 6. The molecule has 26 heavy (non-hydrogen) atoms. The van der Waals surface area contributed by atoms with Crippen molar-refractivity contribution >= 4 is 5.97 Å². The van der Waals surface area contributed by atoms with Crippen molar-refractivity contribution in [3.8, 4) is 0 Å². The number of hydrogen-bond donors (Lipinski definition) is 0. The van der Waals surface area contributed by atoms with E-state index in [9.17, 15) is 4.79 Å². The normalized spacial score (nSPS) is 45.0. The molecule has 0 N–H and O–H groups in total. The van der Waals surface area contributed by atoms with Gasteiger partial charge in [-0.2, -0.15) is 0 Å². The first-order valence-electron chi connectivity index (χ1n) is 11.6. The molecule has 0 radical (unpaired) electrons. The fourth-order valence-electron chi connectivity index (χ4n) is 8.15. The quantitative estimate of drug-likeness (QED) is 0.431. The van der Waals surface area contributed by atoms with Crippen molar-refractivity contribution in [2.24, 2.45) is 41.4 Å². The Labute approximate surface area is 159 Å². The van der Waals surface area contributed by atoms with Gasteiger partial charge in [0, 0.05) is 0 Å². The standard InChI is InChI=1S/C24H36O2/c1-26-24(25)17-7-6-16-9-11-21-20-10-8-15-4-2-3-5-18(15)19(20)12-13-22(21)23(16)14-17/h15-21H,2-14H2,1H3. The SMILES string of the molecule is COC(=O)C1CCC2CCC3C(=C2C1)CCC1C2CCCCC2CCC31. The number of hydrogen-bond acceptors (Lipinski definition) is 2. The largest absolute Gasteiger partial charge is 0.469 e. The second-order valence-corrected chi connectivity index (χ2v) is 10.1. The highest BCUT2D eigenvalue weighted by molar-refractivity contribution is 5.73. The minimum atomic E-state index is 0.0371. The van der Waals surface area contributed by atoms with Crippen molar-refractivity contribution in [2.45, 2.75) is 83.5 Å². The van der Waals surface area contributed by atoms with Crippen molar-refractivity contribution in [1.82, 2.24) is 0 Å². The topological polar surface area (TPSA) is 26.3 Å². The molecule has 5 aliphatic carbocycles. The molecule has 4 fully saturated rings. The molecule has 0 bridgehead atoms. The second kappa shape index (κ2) is 6.99. The molecule has 0 aromatic rings. The molecular formula is C24H36O2. The molecule has 0 aliphatic heterocycles. The van der Waals surface area contributed by atoms with Gasteiger partial charge in [0.1, 0.15) is 0 Å². The van der Waals surface area contributed by atoms with Gasteiger partial charge in [0.2, 0.25) is 0 Å². The van der Waals surface area contributed by atoms with Crippen molar-refractivity contribution in [3.05, 3.63) is 11.1 Å². The maximum atomic E-state index is 12.1. The molecule has 5 aliphatic rings. The van der Waals surface area contributed by atoms with Gasteiger partial charge in [-0.15, -0.1) is 0 Å². The Kier molecular flexibility index (Phi) is 4.65. The Bertz CT molecular complexity index is 591. The second-order valence-electron chi connectivity index (χ2n) is 10.1. The third-order valence-corrected chi connectivity index (χ3v) is 9.25. The molecule has 0 aromatic carbocycles. The van der Waals surface area contributed by atoms with E-state index >= 15 is 0 Å². The maximum absolute atomic E-state index is 12.1. The minimum Gasteiger partial charge on any atom is -0.469 e. The molecule has 7 atom stereocenters. The van der Waals surface area contributed by atoms with Crippen LogP contribution in [0.25, 0.3) is 0 Å². The number of esters is 1. The first-order valence-corrected chi connectivity index (χ1v) is 11.6. The average molecular weight is 357 g/mol. The Morgan fingerprint density at radius 1 is 0.808 bits per heavy atom. The van der Waals surface area contributed by atoms with E-state index in [2.05, 4.69) is 0 Å². The fraction of sp³-hybridized carbons (Fsp3) is 0.875. The third kappa shape index (κ3) is 2.78.